The molecular weight excluding hydrogens is 408 g/mol. The lowest BCUT2D eigenvalue weighted by atomic mass is 9.96. The van der Waals surface area contributed by atoms with E-state index in [0.717, 1.165) is 0 Å². The van der Waals surface area contributed by atoms with Gasteiger partial charge < -0.3 is 14.4 Å². The SMILES string of the molecule is COCCN1C(=O)c2ccccc2N2C(=O)CCC12C(=O)OCc1cccc(Cl)c1. The van der Waals surface area contributed by atoms with Crippen LogP contribution in [-0.2, 0) is 25.7 Å². The van der Waals surface area contributed by atoms with Crippen LogP contribution in [-0.4, -0.2) is 48.6 Å². The Hall–Kier alpha value is -2.90. The van der Waals surface area contributed by atoms with Crippen molar-refractivity contribution in [3.8, 4) is 0 Å². The van der Waals surface area contributed by atoms with Crippen molar-refractivity contribution in [1.29, 1.82) is 0 Å². The maximum absolute atomic E-state index is 13.5. The van der Waals surface area contributed by atoms with Gasteiger partial charge in [-0.15, -0.1) is 0 Å². The number of rotatable bonds is 6. The zero-order chi connectivity index (χ0) is 21.3. The second kappa shape index (κ2) is 8.08. The summed E-state index contributed by atoms with van der Waals surface area (Å²) in [5.41, 5.74) is -0.00538. The smallest absolute Gasteiger partial charge is 0.354 e. The summed E-state index contributed by atoms with van der Waals surface area (Å²) in [6.07, 6.45) is 0.293. The molecule has 0 spiro atoms. The van der Waals surface area contributed by atoms with Gasteiger partial charge in [0, 0.05) is 31.5 Å². The summed E-state index contributed by atoms with van der Waals surface area (Å²) in [5.74, 6) is -1.20. The maximum Gasteiger partial charge on any atom is 0.354 e. The maximum atomic E-state index is 13.5. The molecule has 2 aliphatic rings. The Balaban J connectivity index is 1.73. The van der Waals surface area contributed by atoms with Crippen LogP contribution in [0.2, 0.25) is 5.02 Å². The van der Waals surface area contributed by atoms with E-state index in [1.807, 2.05) is 0 Å². The van der Waals surface area contributed by atoms with Gasteiger partial charge in [-0.3, -0.25) is 14.5 Å². The number of carbonyl (C=O) groups is 3. The summed E-state index contributed by atoms with van der Waals surface area (Å²) >= 11 is 6.01. The zero-order valence-electron chi connectivity index (χ0n) is 16.5. The lowest BCUT2D eigenvalue weighted by molar-refractivity contribution is -0.159. The molecule has 156 valence electrons. The topological polar surface area (TPSA) is 76.2 Å². The molecule has 2 aromatic rings. The zero-order valence-corrected chi connectivity index (χ0v) is 17.2. The number of fused-ring (bicyclic) bond motifs is 3. The summed E-state index contributed by atoms with van der Waals surface area (Å²) in [6, 6.07) is 13.8. The molecule has 1 saturated heterocycles. The highest BCUT2D eigenvalue weighted by atomic mass is 35.5. The van der Waals surface area contributed by atoms with E-state index < -0.39 is 11.6 Å². The fourth-order valence-corrected chi connectivity index (χ4v) is 4.34. The van der Waals surface area contributed by atoms with Crippen molar-refractivity contribution >= 4 is 35.1 Å². The van der Waals surface area contributed by atoms with Gasteiger partial charge in [-0.25, -0.2) is 4.79 Å². The first-order valence-electron chi connectivity index (χ1n) is 9.63. The van der Waals surface area contributed by atoms with Crippen molar-refractivity contribution in [2.45, 2.75) is 25.1 Å². The average Bonchev–Trinajstić information content (AvgIpc) is 3.10. The molecule has 2 amide bonds. The van der Waals surface area contributed by atoms with Gasteiger partial charge in [0.2, 0.25) is 11.6 Å². The van der Waals surface area contributed by atoms with Gasteiger partial charge in [-0.1, -0.05) is 35.9 Å². The first kappa shape index (κ1) is 20.4. The van der Waals surface area contributed by atoms with Crippen molar-refractivity contribution < 1.29 is 23.9 Å². The summed E-state index contributed by atoms with van der Waals surface area (Å²) in [4.78, 5) is 42.4. The highest BCUT2D eigenvalue weighted by Gasteiger charge is 2.61. The van der Waals surface area contributed by atoms with E-state index >= 15 is 0 Å². The number of para-hydroxylation sites is 1. The van der Waals surface area contributed by atoms with Crippen molar-refractivity contribution in [3.63, 3.8) is 0 Å². The summed E-state index contributed by atoms with van der Waals surface area (Å²) in [6.45, 7) is 0.357. The van der Waals surface area contributed by atoms with Gasteiger partial charge in [-0.2, -0.15) is 0 Å². The third-order valence-electron chi connectivity index (χ3n) is 5.48. The minimum atomic E-state index is -1.53. The van der Waals surface area contributed by atoms with Crippen LogP contribution >= 0.6 is 11.6 Å². The van der Waals surface area contributed by atoms with Crippen LogP contribution in [0, 0.1) is 0 Å². The fourth-order valence-electron chi connectivity index (χ4n) is 4.13. The highest BCUT2D eigenvalue weighted by molar-refractivity contribution is 6.30. The molecule has 30 heavy (non-hydrogen) atoms. The van der Waals surface area contributed by atoms with E-state index in [4.69, 9.17) is 21.1 Å². The Morgan fingerprint density at radius 1 is 1.17 bits per heavy atom. The number of esters is 1. The van der Waals surface area contributed by atoms with Gasteiger partial charge in [0.05, 0.1) is 17.9 Å². The number of halogens is 1. The summed E-state index contributed by atoms with van der Waals surface area (Å²) in [7, 11) is 1.52. The van der Waals surface area contributed by atoms with E-state index in [1.165, 1.54) is 16.9 Å². The van der Waals surface area contributed by atoms with Gasteiger partial charge >= 0.3 is 5.97 Å². The number of amides is 2. The number of benzene rings is 2. The van der Waals surface area contributed by atoms with Crippen LogP contribution in [0.4, 0.5) is 5.69 Å². The standard InChI is InChI=1S/C22H21ClN2O5/c1-29-12-11-24-20(27)17-7-2-3-8-18(17)25-19(26)9-10-22(24,25)21(28)30-14-15-5-4-6-16(23)13-15/h2-8,13H,9-12,14H2,1H3. The van der Waals surface area contributed by atoms with Gasteiger partial charge in [0.1, 0.15) is 6.61 Å². The Morgan fingerprint density at radius 2 is 1.97 bits per heavy atom. The number of carbonyl (C=O) groups excluding carboxylic acids is 3. The third-order valence-corrected chi connectivity index (χ3v) is 5.71. The molecule has 0 aromatic heterocycles. The number of hydrogen-bond donors (Lipinski definition) is 0. The molecule has 8 heteroatoms. The van der Waals surface area contributed by atoms with Gasteiger partial charge in [-0.05, 0) is 29.8 Å². The Bertz CT molecular complexity index is 1010. The number of methoxy groups -OCH3 is 1. The molecule has 0 aliphatic carbocycles. The predicted molar refractivity (Wildman–Crippen MR) is 110 cm³/mol. The van der Waals surface area contributed by atoms with Gasteiger partial charge in [0.25, 0.3) is 5.91 Å². The van der Waals surface area contributed by atoms with Crippen LogP contribution in [0.3, 0.4) is 0 Å². The molecule has 0 radical (unpaired) electrons. The molecule has 2 heterocycles. The van der Waals surface area contributed by atoms with Crippen molar-refractivity contribution in [3.05, 3.63) is 64.7 Å². The second-order valence-corrected chi connectivity index (χ2v) is 7.65. The van der Waals surface area contributed by atoms with E-state index in [0.29, 0.717) is 21.8 Å². The lowest BCUT2D eigenvalue weighted by Crippen LogP contribution is -2.68. The minimum Gasteiger partial charge on any atom is -0.458 e. The van der Waals surface area contributed by atoms with Crippen molar-refractivity contribution in [2.75, 3.05) is 25.2 Å². The molecular formula is C22H21ClN2O5. The normalized spacial score (nSPS) is 20.2. The number of ether oxygens (including phenoxy) is 2. The molecule has 0 N–H and O–H groups in total. The highest BCUT2D eigenvalue weighted by Crippen LogP contribution is 2.45. The van der Waals surface area contributed by atoms with Crippen molar-refractivity contribution in [2.24, 2.45) is 0 Å². The van der Waals surface area contributed by atoms with Crippen LogP contribution in [0.15, 0.2) is 48.5 Å². The van der Waals surface area contributed by atoms with Gasteiger partial charge in [0.15, 0.2) is 0 Å². The molecule has 1 atom stereocenters. The quantitative estimate of drug-likeness (QED) is 0.661. The van der Waals surface area contributed by atoms with Crippen LogP contribution in [0.1, 0.15) is 28.8 Å². The summed E-state index contributed by atoms with van der Waals surface area (Å²) < 4.78 is 10.8. The number of nitrogens with zero attached hydrogens (tertiary/aromatic N) is 2. The molecule has 4 rings (SSSR count). The largest absolute Gasteiger partial charge is 0.458 e. The third kappa shape index (κ3) is 3.24. The van der Waals surface area contributed by atoms with E-state index in [2.05, 4.69) is 0 Å². The Kier molecular flexibility index (Phi) is 5.49. The van der Waals surface area contributed by atoms with Crippen LogP contribution < -0.4 is 4.90 Å². The minimum absolute atomic E-state index is 0.0167. The molecule has 1 unspecified atom stereocenters. The first-order chi connectivity index (χ1) is 14.5. The first-order valence-corrected chi connectivity index (χ1v) is 10.0. The monoisotopic (exact) mass is 428 g/mol. The van der Waals surface area contributed by atoms with Crippen LogP contribution in [0.5, 0.6) is 0 Å². The second-order valence-electron chi connectivity index (χ2n) is 7.22. The molecule has 0 saturated carbocycles. The number of anilines is 1. The molecule has 2 aliphatic heterocycles. The van der Waals surface area contributed by atoms with Crippen molar-refractivity contribution in [1.82, 2.24) is 4.90 Å². The lowest BCUT2D eigenvalue weighted by Gasteiger charge is -2.48. The molecule has 0 bridgehead atoms. The van der Waals surface area contributed by atoms with E-state index in [1.54, 1.807) is 48.5 Å². The van der Waals surface area contributed by atoms with E-state index in [9.17, 15) is 14.4 Å². The fraction of sp³-hybridized carbons (Fsp3) is 0.318. The predicted octanol–water partition coefficient (Wildman–Crippen LogP) is 3.01. The average molecular weight is 429 g/mol. The Labute approximate surface area is 179 Å². The van der Waals surface area contributed by atoms with E-state index in [-0.39, 0.29) is 44.4 Å². The molecule has 7 nitrogen and oxygen atoms in total. The van der Waals surface area contributed by atoms with Crippen LogP contribution in [0.25, 0.3) is 0 Å². The number of hydrogen-bond acceptors (Lipinski definition) is 5. The molecule has 1 fully saturated rings. The molecule has 2 aromatic carbocycles. The summed E-state index contributed by atoms with van der Waals surface area (Å²) in [5, 5.41) is 0.530. The Morgan fingerprint density at radius 3 is 2.73 bits per heavy atom.